The van der Waals surface area contributed by atoms with Crippen molar-refractivity contribution in [1.82, 2.24) is 9.97 Å². The van der Waals surface area contributed by atoms with E-state index in [4.69, 9.17) is 32.4 Å². The number of benzene rings is 1. The molecule has 2 aromatic rings. The van der Waals surface area contributed by atoms with E-state index in [0.29, 0.717) is 25.0 Å². The second kappa shape index (κ2) is 7.67. The summed E-state index contributed by atoms with van der Waals surface area (Å²) in [6.07, 6.45) is 4.53. The largest absolute Gasteiger partial charge is 0.472 e. The second-order valence-corrected chi connectivity index (χ2v) is 7.08. The molecule has 2 aliphatic rings. The summed E-state index contributed by atoms with van der Waals surface area (Å²) >= 11 is 6.37. The van der Waals surface area contributed by atoms with Gasteiger partial charge in [-0.2, -0.15) is 4.98 Å². The van der Waals surface area contributed by atoms with Gasteiger partial charge in [-0.15, -0.1) is 0 Å². The lowest BCUT2D eigenvalue weighted by Gasteiger charge is -2.41. The lowest BCUT2D eigenvalue weighted by molar-refractivity contribution is -0.0918. The van der Waals surface area contributed by atoms with Crippen LogP contribution in [0.15, 0.2) is 24.5 Å². The summed E-state index contributed by atoms with van der Waals surface area (Å²) in [6, 6.07) is 3.92. The van der Waals surface area contributed by atoms with E-state index in [1.165, 1.54) is 24.9 Å². The number of hydrogen-bond donors (Lipinski definition) is 0. The van der Waals surface area contributed by atoms with E-state index >= 15 is 0 Å². The third-order valence-electron chi connectivity index (χ3n) is 4.97. The van der Waals surface area contributed by atoms with Gasteiger partial charge >= 0.3 is 0 Å². The topological polar surface area (TPSA) is 57.8 Å². The molecule has 2 heterocycles. The molecule has 1 aromatic heterocycles. The number of ether oxygens (including phenoxy) is 3. The standard InChI is InChI=1S/C19H17ClFN3O3/c1-22-13-5-6-15(14(21)7-13)26-18-16(20)19(24-10-23-18)27-17-11-3-2-4-12(17)9-25-8-11/h5-7,10-12,17H,2-4,8-9H2. The SMILES string of the molecule is [C-]#[N+]c1ccc(Oc2ncnc(OC3C4CCCC3COC4)c2Cl)c(F)c1. The Labute approximate surface area is 161 Å². The van der Waals surface area contributed by atoms with Gasteiger partial charge in [0.15, 0.2) is 22.3 Å². The van der Waals surface area contributed by atoms with E-state index in [2.05, 4.69) is 14.8 Å². The normalized spacial score (nSPS) is 24.1. The second-order valence-electron chi connectivity index (χ2n) is 6.70. The number of fused-ring (bicyclic) bond motifs is 2. The first-order valence-electron chi connectivity index (χ1n) is 8.75. The predicted octanol–water partition coefficient (Wildman–Crippen LogP) is 4.81. The molecule has 2 bridgehead atoms. The lowest BCUT2D eigenvalue weighted by Crippen LogP contribution is -2.46. The monoisotopic (exact) mass is 389 g/mol. The van der Waals surface area contributed by atoms with E-state index in [0.717, 1.165) is 18.9 Å². The van der Waals surface area contributed by atoms with Crippen LogP contribution in [0.5, 0.6) is 17.5 Å². The smallest absolute Gasteiger partial charge is 0.245 e. The molecular formula is C19H17ClFN3O3. The Hall–Kier alpha value is -2.43. The van der Waals surface area contributed by atoms with Crippen LogP contribution in [0.1, 0.15) is 19.3 Å². The van der Waals surface area contributed by atoms with Gasteiger partial charge in [-0.1, -0.05) is 24.1 Å². The fourth-order valence-electron chi connectivity index (χ4n) is 3.64. The molecule has 0 spiro atoms. The Morgan fingerprint density at radius 2 is 1.93 bits per heavy atom. The Morgan fingerprint density at radius 1 is 1.19 bits per heavy atom. The molecule has 140 valence electrons. The van der Waals surface area contributed by atoms with Gasteiger partial charge in [0.05, 0.1) is 19.8 Å². The quantitative estimate of drug-likeness (QED) is 0.702. The fourth-order valence-corrected chi connectivity index (χ4v) is 3.82. The van der Waals surface area contributed by atoms with Crippen LogP contribution < -0.4 is 9.47 Å². The van der Waals surface area contributed by atoms with Crippen molar-refractivity contribution in [1.29, 1.82) is 0 Å². The molecule has 1 aromatic carbocycles. The summed E-state index contributed by atoms with van der Waals surface area (Å²) < 4.78 is 31.3. The zero-order valence-corrected chi connectivity index (χ0v) is 15.2. The van der Waals surface area contributed by atoms with Crippen LogP contribution in [0.2, 0.25) is 5.02 Å². The summed E-state index contributed by atoms with van der Waals surface area (Å²) in [4.78, 5) is 11.3. The maximum Gasteiger partial charge on any atom is 0.245 e. The molecular weight excluding hydrogens is 373 g/mol. The number of hydrogen-bond acceptors (Lipinski definition) is 5. The Kier molecular flexibility index (Phi) is 5.10. The minimum Gasteiger partial charge on any atom is -0.472 e. The summed E-state index contributed by atoms with van der Waals surface area (Å²) in [5.74, 6) is 0.117. The molecule has 1 saturated heterocycles. The molecule has 0 N–H and O–H groups in total. The molecule has 8 heteroatoms. The number of aromatic nitrogens is 2. The lowest BCUT2D eigenvalue weighted by atomic mass is 9.78. The first-order valence-corrected chi connectivity index (χ1v) is 9.13. The average molecular weight is 390 g/mol. The van der Waals surface area contributed by atoms with Crippen molar-refractivity contribution >= 4 is 17.3 Å². The van der Waals surface area contributed by atoms with Crippen molar-refractivity contribution in [2.24, 2.45) is 11.8 Å². The summed E-state index contributed by atoms with van der Waals surface area (Å²) in [5, 5.41) is 0.0933. The molecule has 27 heavy (non-hydrogen) atoms. The number of halogens is 2. The van der Waals surface area contributed by atoms with E-state index in [1.54, 1.807) is 0 Å². The van der Waals surface area contributed by atoms with E-state index in [9.17, 15) is 4.39 Å². The molecule has 2 fully saturated rings. The van der Waals surface area contributed by atoms with Crippen LogP contribution in [0.25, 0.3) is 4.85 Å². The average Bonchev–Trinajstić information content (AvgIpc) is 2.66. The molecule has 4 rings (SSSR count). The minimum absolute atomic E-state index is 0.00773. The Bertz CT molecular complexity index is 867. The van der Waals surface area contributed by atoms with Crippen LogP contribution in [-0.2, 0) is 4.74 Å². The van der Waals surface area contributed by atoms with Gasteiger partial charge in [0.1, 0.15) is 12.4 Å². The molecule has 1 saturated carbocycles. The van der Waals surface area contributed by atoms with Gasteiger partial charge in [0.2, 0.25) is 11.8 Å². The minimum atomic E-state index is -0.667. The van der Waals surface area contributed by atoms with Crippen molar-refractivity contribution in [2.75, 3.05) is 13.2 Å². The molecule has 2 atom stereocenters. The summed E-state index contributed by atoms with van der Waals surface area (Å²) in [6.45, 7) is 8.27. The zero-order chi connectivity index (χ0) is 18.8. The van der Waals surface area contributed by atoms with E-state index in [-0.39, 0.29) is 34.3 Å². The van der Waals surface area contributed by atoms with Crippen LogP contribution in [0.4, 0.5) is 10.1 Å². The molecule has 2 unspecified atom stereocenters. The van der Waals surface area contributed by atoms with Gasteiger partial charge < -0.3 is 14.2 Å². The third kappa shape index (κ3) is 3.68. The summed E-state index contributed by atoms with van der Waals surface area (Å²) in [5.41, 5.74) is 0.184. The highest BCUT2D eigenvalue weighted by atomic mass is 35.5. The maximum atomic E-state index is 14.1. The molecule has 1 aliphatic carbocycles. The fraction of sp³-hybridized carbons (Fsp3) is 0.421. The van der Waals surface area contributed by atoms with Crippen LogP contribution in [0, 0.1) is 24.2 Å². The van der Waals surface area contributed by atoms with E-state index in [1.807, 2.05) is 0 Å². The van der Waals surface area contributed by atoms with Crippen molar-refractivity contribution < 1.29 is 18.6 Å². The van der Waals surface area contributed by atoms with Gasteiger partial charge in [0, 0.05) is 11.8 Å². The number of nitrogens with zero attached hydrogens (tertiary/aromatic N) is 3. The van der Waals surface area contributed by atoms with Crippen LogP contribution in [-0.4, -0.2) is 29.3 Å². The Balaban J connectivity index is 1.55. The van der Waals surface area contributed by atoms with E-state index < -0.39 is 5.82 Å². The summed E-state index contributed by atoms with van der Waals surface area (Å²) in [7, 11) is 0. The number of rotatable bonds is 4. The van der Waals surface area contributed by atoms with Gasteiger partial charge in [-0.05, 0) is 25.0 Å². The zero-order valence-electron chi connectivity index (χ0n) is 14.4. The van der Waals surface area contributed by atoms with Crippen molar-refractivity contribution in [3.05, 3.63) is 46.8 Å². The predicted molar refractivity (Wildman–Crippen MR) is 95.8 cm³/mol. The van der Waals surface area contributed by atoms with Crippen molar-refractivity contribution in [3.8, 4) is 17.5 Å². The van der Waals surface area contributed by atoms with Crippen LogP contribution >= 0.6 is 11.6 Å². The Morgan fingerprint density at radius 3 is 2.63 bits per heavy atom. The molecule has 0 amide bonds. The highest BCUT2D eigenvalue weighted by molar-refractivity contribution is 6.33. The third-order valence-corrected chi connectivity index (χ3v) is 5.29. The van der Waals surface area contributed by atoms with Crippen molar-refractivity contribution in [2.45, 2.75) is 25.4 Å². The van der Waals surface area contributed by atoms with Gasteiger partial charge in [0.25, 0.3) is 0 Å². The highest BCUT2D eigenvalue weighted by Gasteiger charge is 2.39. The van der Waals surface area contributed by atoms with Crippen molar-refractivity contribution in [3.63, 3.8) is 0 Å². The van der Waals surface area contributed by atoms with Crippen LogP contribution in [0.3, 0.4) is 0 Å². The van der Waals surface area contributed by atoms with Gasteiger partial charge in [-0.25, -0.2) is 14.2 Å². The maximum absolute atomic E-state index is 14.1. The first-order chi connectivity index (χ1) is 13.2. The molecule has 1 aliphatic heterocycles. The highest BCUT2D eigenvalue weighted by Crippen LogP contribution is 2.40. The van der Waals surface area contributed by atoms with Gasteiger partial charge in [-0.3, -0.25) is 0 Å². The first kappa shape index (κ1) is 18.0. The molecule has 0 radical (unpaired) electrons. The molecule has 6 nitrogen and oxygen atoms in total.